The van der Waals surface area contributed by atoms with Crippen LogP contribution in [-0.2, 0) is 17.3 Å². The molecule has 0 saturated heterocycles. The fraction of sp³-hybridized carbons (Fsp3) is 0.129. The van der Waals surface area contributed by atoms with Gasteiger partial charge in [-0.1, -0.05) is 167 Å². The normalized spacial score (nSPS) is 15.5. The highest BCUT2D eigenvalue weighted by Gasteiger charge is 2.57. The Balaban J connectivity index is 1.14. The van der Waals surface area contributed by atoms with Gasteiger partial charge in [-0.25, -0.2) is 0 Å². The molecule has 1 spiro atoms. The van der Waals surface area contributed by atoms with Crippen LogP contribution >= 0.6 is 0 Å². The predicted molar refractivity (Wildman–Crippen MR) is 274 cm³/mol. The Hall–Kier alpha value is -7.56. The van der Waals surface area contributed by atoms with Gasteiger partial charge in [0.15, 0.2) is 0 Å². The zero-order valence-electron chi connectivity index (χ0n) is 37.3. The van der Waals surface area contributed by atoms with Crippen LogP contribution in [0.25, 0.3) is 55.3 Å². The van der Waals surface area contributed by atoms with Crippen molar-refractivity contribution in [1.82, 2.24) is 0 Å². The first kappa shape index (κ1) is 36.7. The minimum atomic E-state index is -0.523. The summed E-state index contributed by atoms with van der Waals surface area (Å²) in [6.07, 6.45) is 3.43. The van der Waals surface area contributed by atoms with Crippen LogP contribution in [0.1, 0.15) is 72.6 Å². The quantitative estimate of drug-likeness (QED) is 0.165. The molecule has 0 radical (unpaired) electrons. The van der Waals surface area contributed by atoms with Gasteiger partial charge in [-0.2, -0.15) is 0 Å². The molecule has 3 nitrogen and oxygen atoms in total. The van der Waals surface area contributed by atoms with Crippen LogP contribution in [0.15, 0.2) is 186 Å². The van der Waals surface area contributed by atoms with Gasteiger partial charge >= 0.3 is 6.85 Å². The summed E-state index contributed by atoms with van der Waals surface area (Å²) in [5.41, 5.74) is 27.4. The molecule has 0 bridgehead atoms. The number of unbranched alkanes of at least 4 members (excludes halogenated alkanes) is 1. The van der Waals surface area contributed by atoms with E-state index < -0.39 is 5.41 Å². The second-order valence-electron chi connectivity index (χ2n) is 19.7. The first-order valence-corrected chi connectivity index (χ1v) is 23.9. The smallest absolute Gasteiger partial charge is 0.333 e. The van der Waals surface area contributed by atoms with Crippen LogP contribution in [0.2, 0.25) is 0 Å². The third-order valence-corrected chi connectivity index (χ3v) is 16.2. The van der Waals surface area contributed by atoms with Crippen molar-refractivity contribution in [2.75, 3.05) is 9.71 Å². The van der Waals surface area contributed by atoms with Crippen LogP contribution in [0.4, 0.5) is 28.4 Å². The molecule has 0 N–H and O–H groups in total. The van der Waals surface area contributed by atoms with Crippen molar-refractivity contribution in [2.45, 2.75) is 50.9 Å². The summed E-state index contributed by atoms with van der Waals surface area (Å²) in [5, 5.41) is 2.31. The third-order valence-electron chi connectivity index (χ3n) is 16.2. The van der Waals surface area contributed by atoms with Crippen molar-refractivity contribution in [1.29, 1.82) is 0 Å². The van der Waals surface area contributed by atoms with Crippen LogP contribution in [0.3, 0.4) is 0 Å². The Morgan fingerprint density at radius 2 is 1.18 bits per heavy atom. The second kappa shape index (κ2) is 12.8. The topological polar surface area (TPSA) is 19.6 Å². The highest BCUT2D eigenvalue weighted by molar-refractivity contribution is 6.94. The summed E-state index contributed by atoms with van der Waals surface area (Å²) in [6.45, 7) is 6.99. The number of benzene rings is 9. The zero-order valence-corrected chi connectivity index (χ0v) is 37.3. The van der Waals surface area contributed by atoms with Gasteiger partial charge < -0.3 is 14.1 Å². The van der Waals surface area contributed by atoms with Gasteiger partial charge in [-0.05, 0) is 133 Å². The molecule has 312 valence electrons. The Kier molecular flexibility index (Phi) is 7.14. The van der Waals surface area contributed by atoms with E-state index in [9.17, 15) is 0 Å². The highest BCUT2D eigenvalue weighted by atomic mass is 16.3. The molecular formula is C62H45BN2O. The lowest BCUT2D eigenvalue weighted by molar-refractivity contribution is 0.660. The summed E-state index contributed by atoms with van der Waals surface area (Å²) in [5.74, 6) is 0. The van der Waals surface area contributed by atoms with E-state index in [4.69, 9.17) is 4.42 Å². The van der Waals surface area contributed by atoms with Gasteiger partial charge in [0.1, 0.15) is 11.2 Å². The van der Waals surface area contributed by atoms with Crippen LogP contribution in [-0.4, -0.2) is 6.85 Å². The zero-order chi connectivity index (χ0) is 43.6. The van der Waals surface area contributed by atoms with Crippen LogP contribution < -0.4 is 20.6 Å². The van der Waals surface area contributed by atoms with Crippen molar-refractivity contribution >= 4 is 68.1 Å². The van der Waals surface area contributed by atoms with Gasteiger partial charge in [0.2, 0.25) is 0 Å². The van der Waals surface area contributed by atoms with Gasteiger partial charge in [0.25, 0.3) is 0 Å². The van der Waals surface area contributed by atoms with E-state index in [1.54, 1.807) is 0 Å². The number of aryl methyl sites for hydroxylation is 1. The molecule has 4 heteroatoms. The van der Waals surface area contributed by atoms with Gasteiger partial charge in [-0.3, -0.25) is 0 Å². The monoisotopic (exact) mass is 844 g/mol. The summed E-state index contributed by atoms with van der Waals surface area (Å²) >= 11 is 0. The Bertz CT molecular complexity index is 3720. The first-order chi connectivity index (χ1) is 32.5. The van der Waals surface area contributed by atoms with E-state index in [-0.39, 0.29) is 12.3 Å². The lowest BCUT2D eigenvalue weighted by atomic mass is 9.42. The molecule has 4 heterocycles. The molecule has 0 unspecified atom stereocenters. The van der Waals surface area contributed by atoms with E-state index in [2.05, 4.69) is 212 Å². The average Bonchev–Trinajstić information content (AvgIpc) is 3.97. The number of nitrogens with zero attached hydrogens (tertiary/aromatic N) is 2. The lowest BCUT2D eigenvalue weighted by Gasteiger charge is -2.52. The van der Waals surface area contributed by atoms with Gasteiger partial charge in [-0.15, -0.1) is 0 Å². The molecule has 66 heavy (non-hydrogen) atoms. The van der Waals surface area contributed by atoms with E-state index >= 15 is 0 Å². The Labute approximate surface area is 385 Å². The molecule has 9 aromatic carbocycles. The SMILES string of the molecule is CCCCc1ccc(N2B3c4cccc5c4N(c4ccccc4C54c5ccccc5-c5ccccc54)c4cc5c(c(c43)-c3ccc4oc6ccccc6c4c32)-c2ccccc2C5(C)C)cc1. The minimum Gasteiger partial charge on any atom is -0.456 e. The molecule has 1 aromatic heterocycles. The summed E-state index contributed by atoms with van der Waals surface area (Å²) < 4.78 is 6.81. The largest absolute Gasteiger partial charge is 0.456 e. The molecule has 0 saturated carbocycles. The van der Waals surface area contributed by atoms with Crippen molar-refractivity contribution in [2.24, 2.45) is 0 Å². The van der Waals surface area contributed by atoms with E-state index in [0.717, 1.165) is 23.0 Å². The molecule has 0 amide bonds. The highest BCUT2D eigenvalue weighted by Crippen LogP contribution is 2.65. The first-order valence-electron chi connectivity index (χ1n) is 23.9. The molecule has 5 aliphatic rings. The number of hydrogen-bond acceptors (Lipinski definition) is 3. The molecular weight excluding hydrogens is 800 g/mol. The van der Waals surface area contributed by atoms with Gasteiger partial charge in [0.05, 0.1) is 16.5 Å². The maximum atomic E-state index is 6.81. The number of fused-ring (bicyclic) bond motifs is 21. The van der Waals surface area contributed by atoms with Crippen molar-refractivity contribution in [3.63, 3.8) is 0 Å². The van der Waals surface area contributed by atoms with E-state index in [1.165, 1.54) is 130 Å². The number of hydrogen-bond donors (Lipinski definition) is 0. The maximum absolute atomic E-state index is 6.81. The van der Waals surface area contributed by atoms with Crippen LogP contribution in [0, 0.1) is 0 Å². The van der Waals surface area contributed by atoms with Crippen molar-refractivity contribution in [3.8, 4) is 33.4 Å². The number of anilines is 5. The summed E-state index contributed by atoms with van der Waals surface area (Å²) in [7, 11) is 0. The maximum Gasteiger partial charge on any atom is 0.333 e. The van der Waals surface area contributed by atoms with Gasteiger partial charge in [0, 0.05) is 39.1 Å². The van der Waals surface area contributed by atoms with Crippen LogP contribution in [0.5, 0.6) is 0 Å². The molecule has 10 aromatic rings. The lowest BCUT2D eigenvalue weighted by Crippen LogP contribution is -2.63. The Morgan fingerprint density at radius 1 is 0.515 bits per heavy atom. The number of rotatable bonds is 4. The fourth-order valence-corrected chi connectivity index (χ4v) is 13.5. The standard InChI is InChI=1S/C62H45BN2O/c1-4-5-17-37-30-32-38(33-31-37)65-59-43(34-35-54-56(59)42-21-9-15-29-53(42)66-54)57-55-41-20-8-10-22-44(41)61(2,3)49(55)36-52-58(57)63(65)50-27-16-26-48-60(50)64(52)51-28-14-13-25-47(51)62(48)45-23-11-6-18-39(45)40-19-7-12-24-46(40)62/h6-16,18-36H,4-5,17H2,1-3H3. The number of furan rings is 1. The second-order valence-corrected chi connectivity index (χ2v) is 19.7. The summed E-state index contributed by atoms with van der Waals surface area (Å²) in [4.78, 5) is 5.40. The van der Waals surface area contributed by atoms with Crippen molar-refractivity contribution < 1.29 is 4.42 Å². The molecule has 2 aliphatic carbocycles. The Morgan fingerprint density at radius 3 is 1.95 bits per heavy atom. The summed E-state index contributed by atoms with van der Waals surface area (Å²) in [6, 6.07) is 69.5. The molecule has 15 rings (SSSR count). The molecule has 0 atom stereocenters. The third kappa shape index (κ3) is 4.32. The minimum absolute atomic E-state index is 0.162. The molecule has 0 fully saturated rings. The van der Waals surface area contributed by atoms with Crippen molar-refractivity contribution in [3.05, 3.63) is 221 Å². The molecule has 3 aliphatic heterocycles. The van der Waals surface area contributed by atoms with E-state index in [0.29, 0.717) is 0 Å². The predicted octanol–water partition coefficient (Wildman–Crippen LogP) is 14.6. The van der Waals surface area contributed by atoms with E-state index in [1.807, 2.05) is 0 Å². The fourth-order valence-electron chi connectivity index (χ4n) is 13.5. The average molecular weight is 845 g/mol. The number of para-hydroxylation sites is 3.